The first-order valence-electron chi connectivity index (χ1n) is 7.76. The van der Waals surface area contributed by atoms with Gasteiger partial charge in [-0.1, -0.05) is 26.0 Å². The molecule has 2 atom stereocenters. The van der Waals surface area contributed by atoms with Gasteiger partial charge in [0.2, 0.25) is 0 Å². The monoisotopic (exact) mass is 360 g/mol. The van der Waals surface area contributed by atoms with Gasteiger partial charge in [0, 0.05) is 12.7 Å². The molecule has 25 heavy (non-hydrogen) atoms. The van der Waals surface area contributed by atoms with Gasteiger partial charge in [0.25, 0.3) is 0 Å². The summed E-state index contributed by atoms with van der Waals surface area (Å²) in [7, 11) is 1.14. The Morgan fingerprint density at radius 2 is 1.60 bits per heavy atom. The number of carboxylic acid groups (broad SMARTS) is 1. The summed E-state index contributed by atoms with van der Waals surface area (Å²) >= 11 is 0. The van der Waals surface area contributed by atoms with Gasteiger partial charge in [-0.3, -0.25) is 4.79 Å². The van der Waals surface area contributed by atoms with Crippen molar-refractivity contribution < 1.29 is 32.2 Å². The first kappa shape index (κ1) is 19.4. The van der Waals surface area contributed by atoms with E-state index in [9.17, 15) is 27.5 Å². The molecule has 2 unspecified atom stereocenters. The fourth-order valence-electron chi connectivity index (χ4n) is 3.74. The van der Waals surface area contributed by atoms with E-state index in [4.69, 9.17) is 0 Å². The van der Waals surface area contributed by atoms with E-state index in [0.29, 0.717) is 0 Å². The van der Waals surface area contributed by atoms with Crippen LogP contribution in [0.5, 0.6) is 0 Å². The summed E-state index contributed by atoms with van der Waals surface area (Å²) in [5.74, 6) is -8.04. The Balaban J connectivity index is 2.59. The molecule has 1 N–H and O–H groups in total. The first-order chi connectivity index (χ1) is 11.6. The van der Waals surface area contributed by atoms with E-state index in [1.54, 1.807) is 32.9 Å². The maximum absolute atomic E-state index is 14.4. The van der Waals surface area contributed by atoms with E-state index in [2.05, 4.69) is 4.74 Å². The van der Waals surface area contributed by atoms with Crippen molar-refractivity contribution in [3.63, 3.8) is 0 Å². The van der Waals surface area contributed by atoms with Crippen LogP contribution in [0, 0.1) is 40.0 Å². The molecular weight excluding hydrogens is 340 g/mol. The zero-order chi connectivity index (χ0) is 19.2. The zero-order valence-electron chi connectivity index (χ0n) is 14.4. The zero-order valence-corrected chi connectivity index (χ0v) is 14.4. The van der Waals surface area contributed by atoms with Crippen molar-refractivity contribution in [3.8, 4) is 0 Å². The van der Waals surface area contributed by atoms with Crippen LogP contribution >= 0.6 is 0 Å². The average molecular weight is 360 g/mol. The molecule has 0 radical (unpaired) electrons. The first-order valence-corrected chi connectivity index (χ1v) is 7.76. The molecule has 0 spiro atoms. The summed E-state index contributed by atoms with van der Waals surface area (Å²) in [6, 6.07) is 0. The number of benzene rings is 1. The van der Waals surface area contributed by atoms with Gasteiger partial charge in [-0.2, -0.15) is 0 Å². The van der Waals surface area contributed by atoms with E-state index in [1.165, 1.54) is 0 Å². The number of carboxylic acids is 1. The lowest BCUT2D eigenvalue weighted by Gasteiger charge is -2.18. The highest BCUT2D eigenvalue weighted by Crippen LogP contribution is 2.71. The highest BCUT2D eigenvalue weighted by molar-refractivity contribution is 5.82. The van der Waals surface area contributed by atoms with Crippen molar-refractivity contribution in [2.24, 2.45) is 16.7 Å². The smallest absolute Gasteiger partial charge is 0.311 e. The second-order valence-corrected chi connectivity index (χ2v) is 6.82. The molecule has 1 aliphatic rings. The standard InChI is InChI=1S/C18H20F4O3/c1-5-6-11-17(2,3)18(11,16(23)24)7-9-12(19)14(21)10(8-25-4)15(22)13(9)20/h5-6,11H,7-8H2,1-4H3,(H,23,24). The second kappa shape index (κ2) is 6.44. The van der Waals surface area contributed by atoms with Crippen molar-refractivity contribution in [1.29, 1.82) is 0 Å². The molecule has 0 aliphatic heterocycles. The Hall–Kier alpha value is -1.89. The summed E-state index contributed by atoms with van der Waals surface area (Å²) in [6.07, 6.45) is 2.63. The highest BCUT2D eigenvalue weighted by Gasteiger charge is 2.74. The van der Waals surface area contributed by atoms with E-state index in [0.717, 1.165) is 7.11 Å². The molecule has 1 saturated carbocycles. The normalized spacial score (nSPS) is 24.7. The summed E-state index contributed by atoms with van der Waals surface area (Å²) in [4.78, 5) is 11.9. The number of methoxy groups -OCH3 is 1. The predicted octanol–water partition coefficient (Wildman–Crippen LogP) is 4.24. The van der Waals surface area contributed by atoms with Crippen LogP contribution in [0.4, 0.5) is 17.6 Å². The van der Waals surface area contributed by atoms with Crippen molar-refractivity contribution in [1.82, 2.24) is 0 Å². The minimum absolute atomic E-state index is 0.508. The quantitative estimate of drug-likeness (QED) is 0.469. The van der Waals surface area contributed by atoms with E-state index in [-0.39, 0.29) is 0 Å². The Kier molecular flexibility index (Phi) is 5.01. The molecule has 138 valence electrons. The number of ether oxygens (including phenoxy) is 1. The minimum atomic E-state index is -1.58. The number of halogens is 4. The molecule has 7 heteroatoms. The number of carbonyl (C=O) groups is 1. The fourth-order valence-corrected chi connectivity index (χ4v) is 3.74. The molecular formula is C18H20F4O3. The lowest BCUT2D eigenvalue weighted by atomic mass is 9.87. The van der Waals surface area contributed by atoms with Crippen LogP contribution < -0.4 is 0 Å². The van der Waals surface area contributed by atoms with E-state index in [1.807, 2.05) is 0 Å². The summed E-state index contributed by atoms with van der Waals surface area (Å²) in [5, 5.41) is 9.67. The Labute approximate surface area is 143 Å². The fraction of sp³-hybridized carbons (Fsp3) is 0.500. The average Bonchev–Trinajstić information content (AvgIpc) is 3.02. The van der Waals surface area contributed by atoms with Gasteiger partial charge in [-0.05, 0) is 24.7 Å². The third kappa shape index (κ3) is 2.65. The molecule has 0 aromatic heterocycles. The number of aliphatic carboxylic acids is 1. The largest absolute Gasteiger partial charge is 0.481 e. The Bertz CT molecular complexity index is 713. The molecule has 1 aliphatic carbocycles. The van der Waals surface area contributed by atoms with Crippen LogP contribution in [0.2, 0.25) is 0 Å². The molecule has 1 aromatic rings. The van der Waals surface area contributed by atoms with Crippen molar-refractivity contribution in [2.75, 3.05) is 7.11 Å². The van der Waals surface area contributed by atoms with Crippen LogP contribution in [0.25, 0.3) is 0 Å². The summed E-state index contributed by atoms with van der Waals surface area (Å²) in [6.45, 7) is 4.35. The minimum Gasteiger partial charge on any atom is -0.481 e. The number of rotatable bonds is 6. The highest BCUT2D eigenvalue weighted by atomic mass is 19.2. The molecule has 1 fully saturated rings. The summed E-state index contributed by atoms with van der Waals surface area (Å²) in [5.41, 5.74) is -4.10. The van der Waals surface area contributed by atoms with Gasteiger partial charge in [0.15, 0.2) is 23.3 Å². The molecule has 0 amide bonds. The predicted molar refractivity (Wildman–Crippen MR) is 82.8 cm³/mol. The van der Waals surface area contributed by atoms with Gasteiger partial charge in [0.05, 0.1) is 17.6 Å². The second-order valence-electron chi connectivity index (χ2n) is 6.82. The van der Waals surface area contributed by atoms with Crippen LogP contribution in [-0.4, -0.2) is 18.2 Å². The topological polar surface area (TPSA) is 46.5 Å². The van der Waals surface area contributed by atoms with Gasteiger partial charge >= 0.3 is 5.97 Å². The van der Waals surface area contributed by atoms with Gasteiger partial charge in [-0.25, -0.2) is 17.6 Å². The summed E-state index contributed by atoms with van der Waals surface area (Å²) < 4.78 is 61.5. The van der Waals surface area contributed by atoms with E-state index >= 15 is 0 Å². The van der Waals surface area contributed by atoms with Crippen molar-refractivity contribution in [2.45, 2.75) is 33.8 Å². The van der Waals surface area contributed by atoms with Gasteiger partial charge in [0.1, 0.15) is 0 Å². The lowest BCUT2D eigenvalue weighted by Crippen LogP contribution is -2.26. The third-order valence-electron chi connectivity index (χ3n) is 5.33. The molecule has 1 aromatic carbocycles. The molecule has 2 rings (SSSR count). The number of hydrogen-bond donors (Lipinski definition) is 1. The molecule has 3 nitrogen and oxygen atoms in total. The van der Waals surface area contributed by atoms with Crippen molar-refractivity contribution in [3.05, 3.63) is 46.5 Å². The van der Waals surface area contributed by atoms with Crippen LogP contribution in [-0.2, 0) is 22.6 Å². The van der Waals surface area contributed by atoms with Crippen molar-refractivity contribution >= 4 is 5.97 Å². The lowest BCUT2D eigenvalue weighted by molar-refractivity contribution is -0.145. The molecule has 0 saturated heterocycles. The van der Waals surface area contributed by atoms with Gasteiger partial charge in [-0.15, -0.1) is 0 Å². The molecule has 0 heterocycles. The maximum atomic E-state index is 14.4. The van der Waals surface area contributed by atoms with Crippen LogP contribution in [0.1, 0.15) is 31.9 Å². The molecule has 0 bridgehead atoms. The van der Waals surface area contributed by atoms with Crippen LogP contribution in [0.3, 0.4) is 0 Å². The van der Waals surface area contributed by atoms with Gasteiger partial charge < -0.3 is 9.84 Å². The van der Waals surface area contributed by atoms with Crippen LogP contribution in [0.15, 0.2) is 12.2 Å². The third-order valence-corrected chi connectivity index (χ3v) is 5.33. The Morgan fingerprint density at radius 1 is 1.12 bits per heavy atom. The SMILES string of the molecule is CC=CC1C(C)(C)C1(Cc1c(F)c(F)c(COC)c(F)c1F)C(=O)O. The number of hydrogen-bond acceptors (Lipinski definition) is 2. The van der Waals surface area contributed by atoms with E-state index < -0.39 is 70.1 Å². The number of allylic oxidation sites excluding steroid dienone is 2. The Morgan fingerprint density at radius 3 is 2.00 bits per heavy atom. The maximum Gasteiger partial charge on any atom is 0.311 e.